The third-order valence-electron chi connectivity index (χ3n) is 3.41. The van der Waals surface area contributed by atoms with Gasteiger partial charge in [-0.2, -0.15) is 0 Å². The molecule has 0 aliphatic heterocycles. The number of nitrogens with one attached hydrogen (secondary N) is 1. The van der Waals surface area contributed by atoms with Crippen LogP contribution in [0, 0.1) is 15.9 Å². The molecule has 5 nitrogen and oxygen atoms in total. The third-order valence-corrected chi connectivity index (χ3v) is 3.41. The zero-order valence-corrected chi connectivity index (χ0v) is 12.4. The highest BCUT2D eigenvalue weighted by Gasteiger charge is 2.18. The molecule has 0 saturated heterocycles. The molecule has 0 fully saturated rings. The molecule has 1 N–H and O–H groups in total. The van der Waals surface area contributed by atoms with Crippen molar-refractivity contribution in [1.29, 1.82) is 0 Å². The largest absolute Gasteiger partial charge is 0.497 e. The normalized spacial score (nSPS) is 11.8. The molecule has 0 heterocycles. The Morgan fingerprint density at radius 2 is 1.95 bits per heavy atom. The summed E-state index contributed by atoms with van der Waals surface area (Å²) < 4.78 is 18.3. The van der Waals surface area contributed by atoms with Crippen molar-refractivity contribution in [3.8, 4) is 5.75 Å². The van der Waals surface area contributed by atoms with Gasteiger partial charge >= 0.3 is 0 Å². The second-order valence-corrected chi connectivity index (χ2v) is 4.80. The van der Waals surface area contributed by atoms with Crippen LogP contribution in [0.2, 0.25) is 0 Å². The number of nitro benzene ring substituents is 1. The van der Waals surface area contributed by atoms with Crippen molar-refractivity contribution in [3.05, 3.63) is 64.0 Å². The number of benzene rings is 2. The van der Waals surface area contributed by atoms with E-state index in [1.165, 1.54) is 12.1 Å². The number of hydrogen-bond acceptors (Lipinski definition) is 4. The molecule has 6 heteroatoms. The molecule has 0 bridgehead atoms. The second kappa shape index (κ2) is 6.89. The van der Waals surface area contributed by atoms with Crippen molar-refractivity contribution in [2.75, 3.05) is 12.4 Å². The van der Waals surface area contributed by atoms with Gasteiger partial charge in [0.2, 0.25) is 0 Å². The van der Waals surface area contributed by atoms with Crippen LogP contribution in [0.4, 0.5) is 15.8 Å². The summed E-state index contributed by atoms with van der Waals surface area (Å²) in [7, 11) is 1.59. The molecule has 0 aromatic heterocycles. The number of nitro groups is 1. The van der Waals surface area contributed by atoms with Crippen molar-refractivity contribution >= 4 is 11.4 Å². The minimum Gasteiger partial charge on any atom is -0.497 e. The lowest BCUT2D eigenvalue weighted by Gasteiger charge is -2.19. The molecule has 0 aliphatic carbocycles. The van der Waals surface area contributed by atoms with Crippen LogP contribution in [0.3, 0.4) is 0 Å². The number of nitrogens with zero attached hydrogens (tertiary/aromatic N) is 1. The average molecular weight is 304 g/mol. The van der Waals surface area contributed by atoms with E-state index in [-0.39, 0.29) is 11.7 Å². The summed E-state index contributed by atoms with van der Waals surface area (Å²) in [4.78, 5) is 10.5. The Hall–Kier alpha value is -2.63. The van der Waals surface area contributed by atoms with Crippen LogP contribution >= 0.6 is 0 Å². The highest BCUT2D eigenvalue weighted by molar-refractivity contribution is 5.62. The van der Waals surface area contributed by atoms with E-state index in [1.54, 1.807) is 7.11 Å². The summed E-state index contributed by atoms with van der Waals surface area (Å²) in [5.41, 5.74) is 1.00. The number of halogens is 1. The van der Waals surface area contributed by atoms with Gasteiger partial charge in [-0.15, -0.1) is 0 Å². The lowest BCUT2D eigenvalue weighted by molar-refractivity contribution is -0.384. The Labute approximate surface area is 127 Å². The van der Waals surface area contributed by atoms with Crippen LogP contribution in [-0.2, 0) is 0 Å². The molecule has 0 radical (unpaired) electrons. The van der Waals surface area contributed by atoms with Gasteiger partial charge in [0.15, 0.2) is 0 Å². The second-order valence-electron chi connectivity index (χ2n) is 4.80. The lowest BCUT2D eigenvalue weighted by Crippen LogP contribution is -2.11. The van der Waals surface area contributed by atoms with Crippen molar-refractivity contribution in [1.82, 2.24) is 0 Å². The van der Waals surface area contributed by atoms with Gasteiger partial charge in [0.05, 0.1) is 24.1 Å². The van der Waals surface area contributed by atoms with Crippen LogP contribution in [0.5, 0.6) is 5.75 Å². The van der Waals surface area contributed by atoms with E-state index in [0.717, 1.165) is 23.8 Å². The molecule has 22 heavy (non-hydrogen) atoms. The molecule has 116 valence electrons. The first-order valence-corrected chi connectivity index (χ1v) is 6.89. The predicted molar refractivity (Wildman–Crippen MR) is 82.7 cm³/mol. The van der Waals surface area contributed by atoms with Crippen molar-refractivity contribution in [3.63, 3.8) is 0 Å². The maximum absolute atomic E-state index is 13.2. The number of ether oxygens (including phenoxy) is 1. The first-order chi connectivity index (χ1) is 10.5. The van der Waals surface area contributed by atoms with E-state index in [0.29, 0.717) is 5.69 Å². The van der Waals surface area contributed by atoms with Gasteiger partial charge in [0, 0.05) is 0 Å². The fraction of sp³-hybridized carbons (Fsp3) is 0.250. The number of anilines is 1. The smallest absolute Gasteiger partial charge is 0.295 e. The Balaban J connectivity index is 2.28. The molecule has 2 aromatic carbocycles. The quantitative estimate of drug-likeness (QED) is 0.638. The topological polar surface area (TPSA) is 64.4 Å². The van der Waals surface area contributed by atoms with Crippen molar-refractivity contribution in [2.24, 2.45) is 0 Å². The molecular formula is C16H17FN2O3. The Morgan fingerprint density at radius 1 is 1.27 bits per heavy atom. The SMILES string of the molecule is CCC(Nc1ccc(F)cc1[N+](=O)[O-])c1ccc(OC)cc1. The summed E-state index contributed by atoms with van der Waals surface area (Å²) in [6.45, 7) is 1.97. The van der Waals surface area contributed by atoms with Gasteiger partial charge in [-0.05, 0) is 36.2 Å². The highest BCUT2D eigenvalue weighted by Crippen LogP contribution is 2.30. The summed E-state index contributed by atoms with van der Waals surface area (Å²) in [6, 6.07) is 10.9. The standard InChI is InChI=1S/C16H17FN2O3/c1-3-14(11-4-7-13(22-2)8-5-11)18-15-9-6-12(17)10-16(15)19(20)21/h4-10,14,18H,3H2,1-2H3. The Bertz CT molecular complexity index is 659. The van der Waals surface area contributed by atoms with Gasteiger partial charge in [-0.3, -0.25) is 10.1 Å². The van der Waals surface area contributed by atoms with Gasteiger partial charge < -0.3 is 10.1 Å². The van der Waals surface area contributed by atoms with E-state index >= 15 is 0 Å². The summed E-state index contributed by atoms with van der Waals surface area (Å²) in [6.07, 6.45) is 0.723. The first kappa shape index (κ1) is 15.8. The fourth-order valence-corrected chi connectivity index (χ4v) is 2.22. The molecule has 0 aliphatic rings. The molecule has 0 spiro atoms. The number of methoxy groups -OCH3 is 1. The molecule has 2 aromatic rings. The lowest BCUT2D eigenvalue weighted by atomic mass is 10.0. The number of rotatable bonds is 6. The molecular weight excluding hydrogens is 287 g/mol. The molecule has 2 rings (SSSR count). The minimum absolute atomic E-state index is 0.116. The monoisotopic (exact) mass is 304 g/mol. The summed E-state index contributed by atoms with van der Waals surface area (Å²) in [5, 5.41) is 14.2. The van der Waals surface area contributed by atoms with Crippen LogP contribution in [0.25, 0.3) is 0 Å². The van der Waals surface area contributed by atoms with Gasteiger partial charge in [-0.1, -0.05) is 19.1 Å². The van der Waals surface area contributed by atoms with Crippen molar-refractivity contribution < 1.29 is 14.1 Å². The van der Waals surface area contributed by atoms with E-state index in [1.807, 2.05) is 31.2 Å². The van der Waals surface area contributed by atoms with Gasteiger partial charge in [-0.25, -0.2) is 4.39 Å². The van der Waals surface area contributed by atoms with Crippen molar-refractivity contribution in [2.45, 2.75) is 19.4 Å². The van der Waals surface area contributed by atoms with E-state index in [9.17, 15) is 14.5 Å². The van der Waals surface area contributed by atoms with Crippen LogP contribution in [0.1, 0.15) is 24.9 Å². The van der Waals surface area contributed by atoms with Gasteiger partial charge in [0.25, 0.3) is 5.69 Å². The first-order valence-electron chi connectivity index (χ1n) is 6.89. The van der Waals surface area contributed by atoms with Gasteiger partial charge in [0.1, 0.15) is 17.3 Å². The van der Waals surface area contributed by atoms with E-state index < -0.39 is 10.7 Å². The number of hydrogen-bond donors (Lipinski definition) is 1. The fourth-order valence-electron chi connectivity index (χ4n) is 2.22. The molecule has 1 atom stereocenters. The van der Waals surface area contributed by atoms with E-state index in [4.69, 9.17) is 4.74 Å². The van der Waals surface area contributed by atoms with Crippen LogP contribution in [-0.4, -0.2) is 12.0 Å². The minimum atomic E-state index is -0.630. The maximum atomic E-state index is 13.2. The maximum Gasteiger partial charge on any atom is 0.295 e. The summed E-state index contributed by atoms with van der Waals surface area (Å²) >= 11 is 0. The van der Waals surface area contributed by atoms with Crippen LogP contribution in [0.15, 0.2) is 42.5 Å². The van der Waals surface area contributed by atoms with E-state index in [2.05, 4.69) is 5.32 Å². The highest BCUT2D eigenvalue weighted by atomic mass is 19.1. The molecule has 1 unspecified atom stereocenters. The third kappa shape index (κ3) is 3.52. The van der Waals surface area contributed by atoms with Crippen LogP contribution < -0.4 is 10.1 Å². The average Bonchev–Trinajstić information content (AvgIpc) is 2.53. The zero-order valence-electron chi connectivity index (χ0n) is 12.4. The summed E-state index contributed by atoms with van der Waals surface area (Å²) in [5.74, 6) is 0.112. The molecule has 0 amide bonds. The Kier molecular flexibility index (Phi) is 4.93. The predicted octanol–water partition coefficient (Wildman–Crippen LogP) is 4.31. The Morgan fingerprint density at radius 3 is 2.50 bits per heavy atom. The molecule has 0 saturated carbocycles. The zero-order chi connectivity index (χ0) is 16.1.